The first-order chi connectivity index (χ1) is 28.3. The zero-order chi connectivity index (χ0) is 37.5. The van der Waals surface area contributed by atoms with Gasteiger partial charge < -0.3 is 13.7 Å². The van der Waals surface area contributed by atoms with Gasteiger partial charge in [0.1, 0.15) is 0 Å². The summed E-state index contributed by atoms with van der Waals surface area (Å²) in [5, 5.41) is 7.48. The average molecular weight is 726 g/mol. The van der Waals surface area contributed by atoms with Crippen molar-refractivity contribution >= 4 is 65.4 Å². The van der Waals surface area contributed by atoms with Crippen LogP contribution in [0.4, 0.5) is 0 Å². The number of nitrogens with zero attached hydrogens (tertiary/aromatic N) is 3. The van der Waals surface area contributed by atoms with Crippen molar-refractivity contribution in [1.82, 2.24) is 13.7 Å². The van der Waals surface area contributed by atoms with Gasteiger partial charge in [-0.15, -0.1) is 0 Å². The van der Waals surface area contributed by atoms with Crippen LogP contribution in [-0.2, 0) is 0 Å². The molecule has 0 N–H and O–H groups in total. The van der Waals surface area contributed by atoms with Crippen LogP contribution >= 0.6 is 0 Å². The second-order valence-electron chi connectivity index (χ2n) is 14.9. The molecule has 9 aromatic carbocycles. The van der Waals surface area contributed by atoms with E-state index < -0.39 is 0 Å². The van der Waals surface area contributed by atoms with E-state index in [2.05, 4.69) is 226 Å². The summed E-state index contributed by atoms with van der Waals surface area (Å²) >= 11 is 0. The molecule has 0 amide bonds. The van der Waals surface area contributed by atoms with Crippen molar-refractivity contribution in [2.75, 3.05) is 0 Å². The van der Waals surface area contributed by atoms with Crippen LogP contribution in [0.2, 0.25) is 0 Å². The maximum Gasteiger partial charge on any atom is 0.0641 e. The van der Waals surface area contributed by atoms with Crippen molar-refractivity contribution in [1.29, 1.82) is 0 Å². The molecule has 3 heteroatoms. The summed E-state index contributed by atoms with van der Waals surface area (Å²) in [6.45, 7) is 0. The molecule has 3 heterocycles. The van der Waals surface area contributed by atoms with E-state index in [1.165, 1.54) is 87.7 Å². The molecule has 0 fully saturated rings. The molecule has 0 saturated carbocycles. The minimum atomic E-state index is 1.14. The minimum absolute atomic E-state index is 1.14. The van der Waals surface area contributed by atoms with Crippen LogP contribution < -0.4 is 0 Å². The smallest absolute Gasteiger partial charge is 0.0641 e. The number of hydrogen-bond acceptors (Lipinski definition) is 0. The normalized spacial score (nSPS) is 11.9. The number of para-hydroxylation sites is 4. The maximum absolute atomic E-state index is 2.54. The third-order valence-electron chi connectivity index (χ3n) is 11.8. The molecule has 0 atom stereocenters. The van der Waals surface area contributed by atoms with Gasteiger partial charge in [-0.1, -0.05) is 146 Å². The Labute approximate surface area is 329 Å². The highest BCUT2D eigenvalue weighted by Gasteiger charge is 2.24. The molecule has 0 aliphatic rings. The summed E-state index contributed by atoms with van der Waals surface area (Å²) < 4.78 is 7.42. The third kappa shape index (κ3) is 4.73. The van der Waals surface area contributed by atoms with E-state index in [9.17, 15) is 0 Å². The van der Waals surface area contributed by atoms with Gasteiger partial charge in [0.25, 0.3) is 0 Å². The van der Waals surface area contributed by atoms with Crippen LogP contribution in [0.1, 0.15) is 0 Å². The van der Waals surface area contributed by atoms with Crippen LogP contribution in [0.3, 0.4) is 0 Å². The van der Waals surface area contributed by atoms with Crippen LogP contribution in [0.25, 0.3) is 105 Å². The average Bonchev–Trinajstić information content (AvgIpc) is 3.93. The minimum Gasteiger partial charge on any atom is -0.309 e. The molecule has 0 aliphatic carbocycles. The zero-order valence-electron chi connectivity index (χ0n) is 31.0. The lowest BCUT2D eigenvalue weighted by atomic mass is 9.99. The highest BCUT2D eigenvalue weighted by Crippen LogP contribution is 2.46. The van der Waals surface area contributed by atoms with Crippen molar-refractivity contribution < 1.29 is 0 Å². The summed E-state index contributed by atoms with van der Waals surface area (Å²) in [6, 6.07) is 77.3. The Morgan fingerprint density at radius 3 is 1.21 bits per heavy atom. The fourth-order valence-electron chi connectivity index (χ4n) is 9.40. The summed E-state index contributed by atoms with van der Waals surface area (Å²) in [7, 11) is 0. The van der Waals surface area contributed by atoms with Gasteiger partial charge in [-0.2, -0.15) is 0 Å². The maximum atomic E-state index is 2.54. The Hall–Kier alpha value is -7.62. The van der Waals surface area contributed by atoms with Crippen LogP contribution in [0.15, 0.2) is 212 Å². The number of benzene rings is 9. The van der Waals surface area contributed by atoms with Crippen molar-refractivity contribution in [3.05, 3.63) is 212 Å². The fourth-order valence-corrected chi connectivity index (χ4v) is 9.40. The van der Waals surface area contributed by atoms with Crippen molar-refractivity contribution in [2.24, 2.45) is 0 Å². The van der Waals surface area contributed by atoms with Gasteiger partial charge in [-0.3, -0.25) is 0 Å². The molecule has 12 rings (SSSR count). The van der Waals surface area contributed by atoms with E-state index >= 15 is 0 Å². The van der Waals surface area contributed by atoms with E-state index in [0.717, 1.165) is 17.1 Å². The fraction of sp³-hybridized carbons (Fsp3) is 0. The first-order valence-corrected chi connectivity index (χ1v) is 19.6. The molecule has 0 aliphatic heterocycles. The number of hydrogen-bond donors (Lipinski definition) is 0. The predicted octanol–water partition coefficient (Wildman–Crippen LogP) is 14.3. The SMILES string of the molecule is c1ccc(-c2cccc(-c3cccc(-n4c5ccccc5c5c4ccc4c6ccc7c(c8ccccc8n7-c7ccccc7)c6n(-c6ccccc6)c45)c3)c2)cc1. The molecule has 3 aromatic heterocycles. The molecule has 12 aromatic rings. The van der Waals surface area contributed by atoms with Crippen molar-refractivity contribution in [3.63, 3.8) is 0 Å². The Morgan fingerprint density at radius 2 is 0.632 bits per heavy atom. The van der Waals surface area contributed by atoms with E-state index in [1.54, 1.807) is 0 Å². The van der Waals surface area contributed by atoms with E-state index in [1.807, 2.05) is 0 Å². The molecule has 0 spiro atoms. The van der Waals surface area contributed by atoms with Gasteiger partial charge in [-0.05, 0) is 89.0 Å². The van der Waals surface area contributed by atoms with Gasteiger partial charge in [0.15, 0.2) is 0 Å². The predicted molar refractivity (Wildman–Crippen MR) is 240 cm³/mol. The molecular formula is C54H35N3. The lowest BCUT2D eigenvalue weighted by molar-refractivity contribution is 1.17. The van der Waals surface area contributed by atoms with E-state index in [4.69, 9.17) is 0 Å². The summed E-state index contributed by atoms with van der Waals surface area (Å²) in [5.74, 6) is 0. The van der Waals surface area contributed by atoms with Gasteiger partial charge in [-0.25, -0.2) is 0 Å². The van der Waals surface area contributed by atoms with Crippen LogP contribution in [0.5, 0.6) is 0 Å². The van der Waals surface area contributed by atoms with Gasteiger partial charge in [0, 0.05) is 49.4 Å². The highest BCUT2D eigenvalue weighted by atomic mass is 15.0. The Bertz CT molecular complexity index is 3500. The number of fused-ring (bicyclic) bond motifs is 11. The summed E-state index contributed by atoms with van der Waals surface area (Å²) in [5.41, 5.74) is 15.5. The standard InChI is InChI=1S/C54H35N3/c1-4-16-36(17-5-1)37-18-14-19-38(34-37)39-20-15-25-42(35-39)56-48-29-13-11-27-46(48)52-50(56)33-31-44-43-30-32-49-51(53(43)57(54(44)52)41-23-8-3-9-24-41)45-26-10-12-28-47(45)55(49)40-21-6-2-7-22-40/h1-35H. The van der Waals surface area contributed by atoms with Gasteiger partial charge in [0.2, 0.25) is 0 Å². The second kappa shape index (κ2) is 12.5. The Kier molecular flexibility index (Phi) is 6.93. The van der Waals surface area contributed by atoms with Crippen molar-refractivity contribution in [2.45, 2.75) is 0 Å². The molecular weight excluding hydrogens is 691 g/mol. The molecule has 266 valence electrons. The second-order valence-corrected chi connectivity index (χ2v) is 14.9. The van der Waals surface area contributed by atoms with Gasteiger partial charge >= 0.3 is 0 Å². The largest absolute Gasteiger partial charge is 0.309 e. The van der Waals surface area contributed by atoms with Gasteiger partial charge in [0.05, 0.1) is 33.1 Å². The summed E-state index contributed by atoms with van der Waals surface area (Å²) in [6.07, 6.45) is 0. The third-order valence-corrected chi connectivity index (χ3v) is 11.8. The molecule has 0 saturated heterocycles. The molecule has 0 bridgehead atoms. The number of aromatic nitrogens is 3. The van der Waals surface area contributed by atoms with E-state index in [0.29, 0.717) is 0 Å². The zero-order valence-corrected chi connectivity index (χ0v) is 31.0. The Balaban J connectivity index is 1.18. The quantitative estimate of drug-likeness (QED) is 0.168. The first kappa shape index (κ1) is 31.7. The van der Waals surface area contributed by atoms with E-state index in [-0.39, 0.29) is 0 Å². The molecule has 0 radical (unpaired) electrons. The van der Waals surface area contributed by atoms with Crippen LogP contribution in [-0.4, -0.2) is 13.7 Å². The summed E-state index contributed by atoms with van der Waals surface area (Å²) in [4.78, 5) is 0. The lowest BCUT2D eigenvalue weighted by Crippen LogP contribution is -1.96. The van der Waals surface area contributed by atoms with Crippen molar-refractivity contribution in [3.8, 4) is 39.3 Å². The molecule has 0 unspecified atom stereocenters. The monoisotopic (exact) mass is 725 g/mol. The number of rotatable bonds is 5. The first-order valence-electron chi connectivity index (χ1n) is 19.6. The Morgan fingerprint density at radius 1 is 0.228 bits per heavy atom. The topological polar surface area (TPSA) is 14.8 Å². The lowest BCUT2D eigenvalue weighted by Gasteiger charge is -2.12. The molecule has 3 nitrogen and oxygen atoms in total. The molecule has 57 heavy (non-hydrogen) atoms. The highest BCUT2D eigenvalue weighted by molar-refractivity contribution is 6.31. The van der Waals surface area contributed by atoms with Crippen LogP contribution in [0, 0.1) is 0 Å².